The molecular weight excluding hydrogens is 190 g/mol. The first kappa shape index (κ1) is 11.5. The van der Waals surface area contributed by atoms with Gasteiger partial charge in [-0.15, -0.1) is 0 Å². The molecule has 3 heteroatoms. The SMILES string of the molecule is CC(C)(CCO)Oc1cccc(C#N)c1. The molecule has 3 nitrogen and oxygen atoms in total. The predicted molar refractivity (Wildman–Crippen MR) is 57.6 cm³/mol. The van der Waals surface area contributed by atoms with E-state index >= 15 is 0 Å². The molecule has 0 unspecified atom stereocenters. The fourth-order valence-electron chi connectivity index (χ4n) is 1.27. The lowest BCUT2D eigenvalue weighted by molar-refractivity contribution is 0.0765. The maximum atomic E-state index is 8.85. The fraction of sp³-hybridized carbons (Fsp3) is 0.417. The first-order valence-electron chi connectivity index (χ1n) is 4.87. The van der Waals surface area contributed by atoms with Crippen molar-refractivity contribution in [1.82, 2.24) is 0 Å². The van der Waals surface area contributed by atoms with E-state index in [2.05, 4.69) is 6.07 Å². The lowest BCUT2D eigenvalue weighted by Crippen LogP contribution is -2.29. The van der Waals surface area contributed by atoms with Crippen LogP contribution >= 0.6 is 0 Å². The Balaban J connectivity index is 2.76. The van der Waals surface area contributed by atoms with E-state index < -0.39 is 5.60 Å². The Bertz CT molecular complexity index is 366. The Morgan fingerprint density at radius 1 is 1.47 bits per heavy atom. The molecule has 0 saturated heterocycles. The van der Waals surface area contributed by atoms with Crippen molar-refractivity contribution in [3.8, 4) is 11.8 Å². The van der Waals surface area contributed by atoms with Crippen LogP contribution in [0.25, 0.3) is 0 Å². The Morgan fingerprint density at radius 3 is 2.80 bits per heavy atom. The average Bonchev–Trinajstić information content (AvgIpc) is 2.17. The van der Waals surface area contributed by atoms with Gasteiger partial charge >= 0.3 is 0 Å². The van der Waals surface area contributed by atoms with Crippen LogP contribution in [0.1, 0.15) is 25.8 Å². The molecular formula is C12H15NO2. The standard InChI is InChI=1S/C12H15NO2/c1-12(2,6-7-14)15-11-5-3-4-10(8-11)9-13/h3-5,8,14H,6-7H2,1-2H3. The van der Waals surface area contributed by atoms with Gasteiger partial charge in [-0.2, -0.15) is 5.26 Å². The highest BCUT2D eigenvalue weighted by Gasteiger charge is 2.18. The van der Waals surface area contributed by atoms with Crippen LogP contribution in [0.4, 0.5) is 0 Å². The van der Waals surface area contributed by atoms with Gasteiger partial charge < -0.3 is 9.84 Å². The largest absolute Gasteiger partial charge is 0.488 e. The van der Waals surface area contributed by atoms with Crippen LogP contribution in [0.15, 0.2) is 24.3 Å². The van der Waals surface area contributed by atoms with Crippen molar-refractivity contribution in [2.24, 2.45) is 0 Å². The number of nitrogens with zero attached hydrogens (tertiary/aromatic N) is 1. The maximum absolute atomic E-state index is 8.85. The zero-order chi connectivity index (χ0) is 11.3. The van der Waals surface area contributed by atoms with Crippen LogP contribution in [-0.2, 0) is 0 Å². The molecule has 0 aliphatic heterocycles. The van der Waals surface area contributed by atoms with Gasteiger partial charge in [0.1, 0.15) is 11.4 Å². The van der Waals surface area contributed by atoms with Crippen LogP contribution in [0.2, 0.25) is 0 Å². The van der Waals surface area contributed by atoms with E-state index in [0.717, 1.165) is 0 Å². The van der Waals surface area contributed by atoms with E-state index in [9.17, 15) is 0 Å². The number of aliphatic hydroxyl groups excluding tert-OH is 1. The molecule has 1 aromatic rings. The number of rotatable bonds is 4. The smallest absolute Gasteiger partial charge is 0.121 e. The lowest BCUT2D eigenvalue weighted by Gasteiger charge is -2.25. The normalized spacial score (nSPS) is 10.8. The predicted octanol–water partition coefficient (Wildman–Crippen LogP) is 2.10. The monoisotopic (exact) mass is 205 g/mol. The summed E-state index contributed by atoms with van der Waals surface area (Å²) in [6.07, 6.45) is 0.559. The first-order valence-corrected chi connectivity index (χ1v) is 4.87. The lowest BCUT2D eigenvalue weighted by atomic mass is 10.1. The zero-order valence-electron chi connectivity index (χ0n) is 9.03. The molecule has 0 atom stereocenters. The van der Waals surface area contributed by atoms with Gasteiger partial charge in [0.2, 0.25) is 0 Å². The highest BCUT2D eigenvalue weighted by molar-refractivity contribution is 5.36. The van der Waals surface area contributed by atoms with E-state index in [0.29, 0.717) is 17.7 Å². The van der Waals surface area contributed by atoms with Crippen LogP contribution in [0.5, 0.6) is 5.75 Å². The summed E-state index contributed by atoms with van der Waals surface area (Å²) in [5.41, 5.74) is 0.162. The van der Waals surface area contributed by atoms with Crippen LogP contribution in [0.3, 0.4) is 0 Å². The molecule has 0 amide bonds. The molecule has 0 spiro atoms. The van der Waals surface area contributed by atoms with Crippen molar-refractivity contribution >= 4 is 0 Å². The summed E-state index contributed by atoms with van der Waals surface area (Å²) in [5.74, 6) is 0.660. The topological polar surface area (TPSA) is 53.2 Å². The van der Waals surface area contributed by atoms with Gasteiger partial charge in [-0.1, -0.05) is 6.07 Å². The van der Waals surface area contributed by atoms with Gasteiger partial charge in [-0.25, -0.2) is 0 Å². The number of benzene rings is 1. The Labute approximate surface area is 89.9 Å². The molecule has 0 aliphatic rings. The van der Waals surface area contributed by atoms with E-state index in [4.69, 9.17) is 15.1 Å². The van der Waals surface area contributed by atoms with E-state index in [1.807, 2.05) is 13.8 Å². The van der Waals surface area contributed by atoms with E-state index in [1.54, 1.807) is 24.3 Å². The van der Waals surface area contributed by atoms with Gasteiger partial charge in [-0.05, 0) is 32.0 Å². The molecule has 1 aromatic carbocycles. The molecule has 0 bridgehead atoms. The maximum Gasteiger partial charge on any atom is 0.121 e. The second-order valence-corrected chi connectivity index (χ2v) is 3.97. The molecule has 0 heterocycles. The van der Waals surface area contributed by atoms with Gasteiger partial charge in [0.25, 0.3) is 0 Å². The van der Waals surface area contributed by atoms with Crippen LogP contribution < -0.4 is 4.74 Å². The molecule has 0 saturated carbocycles. The number of hydrogen-bond acceptors (Lipinski definition) is 3. The van der Waals surface area contributed by atoms with Crippen molar-refractivity contribution in [3.63, 3.8) is 0 Å². The molecule has 80 valence electrons. The molecule has 1 rings (SSSR count). The highest BCUT2D eigenvalue weighted by Crippen LogP contribution is 2.21. The third-order valence-corrected chi connectivity index (χ3v) is 2.07. The summed E-state index contributed by atoms with van der Waals surface area (Å²) in [7, 11) is 0. The van der Waals surface area contributed by atoms with E-state index in [1.165, 1.54) is 0 Å². The molecule has 0 aliphatic carbocycles. The molecule has 0 aromatic heterocycles. The van der Waals surface area contributed by atoms with Crippen molar-refractivity contribution in [3.05, 3.63) is 29.8 Å². The Kier molecular flexibility index (Phi) is 3.70. The summed E-state index contributed by atoms with van der Waals surface area (Å²) >= 11 is 0. The number of aliphatic hydroxyl groups is 1. The van der Waals surface area contributed by atoms with Crippen molar-refractivity contribution in [2.75, 3.05) is 6.61 Å². The number of nitriles is 1. The molecule has 0 fully saturated rings. The summed E-state index contributed by atoms with van der Waals surface area (Å²) in [5, 5.41) is 17.6. The van der Waals surface area contributed by atoms with Gasteiger partial charge in [0.15, 0.2) is 0 Å². The van der Waals surface area contributed by atoms with Crippen molar-refractivity contribution in [2.45, 2.75) is 25.9 Å². The minimum absolute atomic E-state index is 0.0882. The summed E-state index contributed by atoms with van der Waals surface area (Å²) < 4.78 is 5.67. The fourth-order valence-corrected chi connectivity index (χ4v) is 1.27. The second-order valence-electron chi connectivity index (χ2n) is 3.97. The molecule has 1 N–H and O–H groups in total. The second kappa shape index (κ2) is 4.81. The quantitative estimate of drug-likeness (QED) is 0.818. The number of ether oxygens (including phenoxy) is 1. The summed E-state index contributed by atoms with van der Waals surface area (Å²) in [6, 6.07) is 9.06. The van der Waals surface area contributed by atoms with Gasteiger partial charge in [0.05, 0.1) is 11.6 Å². The van der Waals surface area contributed by atoms with Gasteiger partial charge in [-0.3, -0.25) is 0 Å². The summed E-state index contributed by atoms with van der Waals surface area (Å²) in [6.45, 7) is 3.90. The minimum Gasteiger partial charge on any atom is -0.488 e. The summed E-state index contributed by atoms with van der Waals surface area (Å²) in [4.78, 5) is 0. The van der Waals surface area contributed by atoms with Gasteiger partial charge in [0, 0.05) is 13.0 Å². The zero-order valence-corrected chi connectivity index (χ0v) is 9.03. The Hall–Kier alpha value is -1.53. The average molecular weight is 205 g/mol. The number of hydrogen-bond donors (Lipinski definition) is 1. The Morgan fingerprint density at radius 2 is 2.20 bits per heavy atom. The van der Waals surface area contributed by atoms with Crippen LogP contribution in [0, 0.1) is 11.3 Å². The highest BCUT2D eigenvalue weighted by atomic mass is 16.5. The van der Waals surface area contributed by atoms with Crippen molar-refractivity contribution < 1.29 is 9.84 Å². The minimum atomic E-state index is -0.414. The molecule has 0 radical (unpaired) electrons. The van der Waals surface area contributed by atoms with Crippen molar-refractivity contribution in [1.29, 1.82) is 5.26 Å². The molecule has 15 heavy (non-hydrogen) atoms. The van der Waals surface area contributed by atoms with Crippen LogP contribution in [-0.4, -0.2) is 17.3 Å². The first-order chi connectivity index (χ1) is 7.07. The third-order valence-electron chi connectivity index (χ3n) is 2.07. The van der Waals surface area contributed by atoms with E-state index in [-0.39, 0.29) is 6.61 Å². The third kappa shape index (κ3) is 3.61.